The molecular formula is C16H21NO4. The molecule has 3 rings (SSSR count). The monoisotopic (exact) mass is 291 g/mol. The van der Waals surface area contributed by atoms with Crippen molar-refractivity contribution in [2.75, 3.05) is 14.2 Å². The minimum Gasteiger partial charge on any atom is -0.493 e. The molecule has 1 aromatic rings. The number of hydrogen-bond donors (Lipinski definition) is 1. The Balaban J connectivity index is 1.67. The summed E-state index contributed by atoms with van der Waals surface area (Å²) in [6, 6.07) is 6.11. The molecule has 2 heterocycles. The molecule has 2 aliphatic heterocycles. The Morgan fingerprint density at radius 3 is 2.38 bits per heavy atom. The highest BCUT2D eigenvalue weighted by molar-refractivity contribution is 5.90. The number of esters is 1. The van der Waals surface area contributed by atoms with Gasteiger partial charge in [-0.15, -0.1) is 0 Å². The highest BCUT2D eigenvalue weighted by Gasteiger charge is 2.35. The van der Waals surface area contributed by atoms with Crippen LogP contribution in [-0.2, 0) is 4.74 Å². The van der Waals surface area contributed by atoms with E-state index >= 15 is 0 Å². The Bertz CT molecular complexity index is 519. The number of ether oxygens (including phenoxy) is 3. The number of methoxy groups -OCH3 is 2. The second-order valence-corrected chi connectivity index (χ2v) is 5.71. The van der Waals surface area contributed by atoms with Crippen LogP contribution < -0.4 is 14.8 Å². The SMILES string of the molecule is COc1ccc(C(=O)OC2C[C@@H]3CC[C@@H](C2)N3)cc1OC. The van der Waals surface area contributed by atoms with Crippen molar-refractivity contribution in [2.24, 2.45) is 0 Å². The summed E-state index contributed by atoms with van der Waals surface area (Å²) in [5.74, 6) is 0.855. The largest absolute Gasteiger partial charge is 0.493 e. The van der Waals surface area contributed by atoms with Crippen molar-refractivity contribution >= 4 is 5.97 Å². The molecule has 2 bridgehead atoms. The van der Waals surface area contributed by atoms with E-state index in [1.165, 1.54) is 12.8 Å². The first-order valence-corrected chi connectivity index (χ1v) is 7.38. The lowest BCUT2D eigenvalue weighted by molar-refractivity contribution is 0.0177. The molecule has 0 radical (unpaired) electrons. The van der Waals surface area contributed by atoms with Crippen LogP contribution in [0.2, 0.25) is 0 Å². The summed E-state index contributed by atoms with van der Waals surface area (Å²) >= 11 is 0. The second-order valence-electron chi connectivity index (χ2n) is 5.71. The maximum atomic E-state index is 12.3. The van der Waals surface area contributed by atoms with Gasteiger partial charge >= 0.3 is 5.97 Å². The molecular weight excluding hydrogens is 270 g/mol. The van der Waals surface area contributed by atoms with Gasteiger partial charge in [0.05, 0.1) is 19.8 Å². The van der Waals surface area contributed by atoms with Crippen LogP contribution >= 0.6 is 0 Å². The fraction of sp³-hybridized carbons (Fsp3) is 0.562. The number of benzene rings is 1. The first kappa shape index (κ1) is 14.2. The molecule has 5 heteroatoms. The molecule has 2 aliphatic rings. The molecule has 5 nitrogen and oxygen atoms in total. The normalized spacial score (nSPS) is 27.2. The van der Waals surface area contributed by atoms with Gasteiger partial charge in [-0.25, -0.2) is 4.79 Å². The van der Waals surface area contributed by atoms with E-state index in [9.17, 15) is 4.79 Å². The van der Waals surface area contributed by atoms with E-state index in [-0.39, 0.29) is 12.1 Å². The number of carbonyl (C=O) groups excluding carboxylic acids is 1. The maximum Gasteiger partial charge on any atom is 0.338 e. The van der Waals surface area contributed by atoms with Crippen molar-refractivity contribution < 1.29 is 19.0 Å². The quantitative estimate of drug-likeness (QED) is 0.861. The molecule has 21 heavy (non-hydrogen) atoms. The van der Waals surface area contributed by atoms with E-state index in [1.54, 1.807) is 32.4 Å². The number of piperidine rings is 1. The molecule has 0 saturated carbocycles. The van der Waals surface area contributed by atoms with E-state index in [1.807, 2.05) is 0 Å². The zero-order valence-electron chi connectivity index (χ0n) is 12.4. The van der Waals surface area contributed by atoms with Gasteiger partial charge in [0.25, 0.3) is 0 Å². The molecule has 1 N–H and O–H groups in total. The van der Waals surface area contributed by atoms with E-state index < -0.39 is 0 Å². The topological polar surface area (TPSA) is 56.8 Å². The number of fused-ring (bicyclic) bond motifs is 2. The van der Waals surface area contributed by atoms with Crippen molar-refractivity contribution in [3.05, 3.63) is 23.8 Å². The Morgan fingerprint density at radius 2 is 1.76 bits per heavy atom. The van der Waals surface area contributed by atoms with Gasteiger partial charge in [0.1, 0.15) is 6.10 Å². The predicted octanol–water partition coefficient (Wildman–Crippen LogP) is 2.14. The fourth-order valence-electron chi connectivity index (χ4n) is 3.28. The summed E-state index contributed by atoms with van der Waals surface area (Å²) < 4.78 is 16.0. The van der Waals surface area contributed by atoms with E-state index in [4.69, 9.17) is 14.2 Å². The van der Waals surface area contributed by atoms with Gasteiger partial charge in [-0.05, 0) is 43.9 Å². The lowest BCUT2D eigenvalue weighted by Crippen LogP contribution is -2.42. The zero-order chi connectivity index (χ0) is 14.8. The molecule has 0 unspecified atom stereocenters. The molecule has 114 valence electrons. The van der Waals surface area contributed by atoms with Gasteiger partial charge in [-0.1, -0.05) is 0 Å². The van der Waals surface area contributed by atoms with Crippen LogP contribution in [0.25, 0.3) is 0 Å². The maximum absolute atomic E-state index is 12.3. The van der Waals surface area contributed by atoms with Gasteiger partial charge in [-0.2, -0.15) is 0 Å². The summed E-state index contributed by atoms with van der Waals surface area (Å²) in [6.07, 6.45) is 4.22. The Hall–Kier alpha value is -1.75. The average Bonchev–Trinajstić information content (AvgIpc) is 2.85. The minimum atomic E-state index is -0.290. The molecule has 2 fully saturated rings. The molecule has 2 saturated heterocycles. The van der Waals surface area contributed by atoms with Crippen molar-refractivity contribution in [1.82, 2.24) is 5.32 Å². The smallest absolute Gasteiger partial charge is 0.338 e. The number of carbonyl (C=O) groups is 1. The highest BCUT2D eigenvalue weighted by Crippen LogP contribution is 2.31. The van der Waals surface area contributed by atoms with Crippen LogP contribution in [0, 0.1) is 0 Å². The molecule has 0 aliphatic carbocycles. The van der Waals surface area contributed by atoms with Gasteiger partial charge < -0.3 is 19.5 Å². The van der Waals surface area contributed by atoms with Crippen LogP contribution in [0.1, 0.15) is 36.0 Å². The first-order valence-electron chi connectivity index (χ1n) is 7.38. The molecule has 1 aromatic carbocycles. The van der Waals surface area contributed by atoms with E-state index in [0.29, 0.717) is 29.1 Å². The standard InChI is InChI=1S/C16H21NO4/c1-19-14-6-3-10(7-15(14)20-2)16(18)21-13-8-11-4-5-12(9-13)17-11/h3,6-7,11-13,17H,4-5,8-9H2,1-2H3/t11-,12-/m0/s1. The molecule has 0 aromatic heterocycles. The lowest BCUT2D eigenvalue weighted by Gasteiger charge is -2.28. The molecule has 0 spiro atoms. The summed E-state index contributed by atoms with van der Waals surface area (Å²) in [5.41, 5.74) is 0.499. The Labute approximate surface area is 124 Å². The number of nitrogens with one attached hydrogen (secondary N) is 1. The van der Waals surface area contributed by atoms with Crippen LogP contribution in [-0.4, -0.2) is 38.4 Å². The van der Waals surface area contributed by atoms with Crippen molar-refractivity contribution in [2.45, 2.75) is 43.9 Å². The van der Waals surface area contributed by atoms with Crippen LogP contribution in [0.3, 0.4) is 0 Å². The summed E-state index contributed by atoms with van der Waals surface area (Å²) in [5, 5.41) is 3.54. The van der Waals surface area contributed by atoms with Gasteiger partial charge in [0.15, 0.2) is 11.5 Å². The summed E-state index contributed by atoms with van der Waals surface area (Å²) in [6.45, 7) is 0. The van der Waals surface area contributed by atoms with Crippen LogP contribution in [0.15, 0.2) is 18.2 Å². The predicted molar refractivity (Wildman–Crippen MR) is 77.9 cm³/mol. The summed E-state index contributed by atoms with van der Waals surface area (Å²) in [4.78, 5) is 12.3. The van der Waals surface area contributed by atoms with Crippen molar-refractivity contribution in [3.8, 4) is 11.5 Å². The van der Waals surface area contributed by atoms with Crippen molar-refractivity contribution in [3.63, 3.8) is 0 Å². The van der Waals surface area contributed by atoms with Gasteiger partial charge in [0.2, 0.25) is 0 Å². The highest BCUT2D eigenvalue weighted by atomic mass is 16.5. The van der Waals surface area contributed by atoms with Crippen LogP contribution in [0.5, 0.6) is 11.5 Å². The van der Waals surface area contributed by atoms with Gasteiger partial charge in [0, 0.05) is 12.1 Å². The fourth-order valence-corrected chi connectivity index (χ4v) is 3.28. The average molecular weight is 291 g/mol. The third-order valence-corrected chi connectivity index (χ3v) is 4.32. The minimum absolute atomic E-state index is 0.0179. The third kappa shape index (κ3) is 2.97. The first-order chi connectivity index (χ1) is 10.2. The second kappa shape index (κ2) is 5.93. The molecule has 0 amide bonds. The zero-order valence-corrected chi connectivity index (χ0v) is 12.4. The lowest BCUT2D eigenvalue weighted by atomic mass is 10.0. The Morgan fingerprint density at radius 1 is 1.10 bits per heavy atom. The number of rotatable bonds is 4. The molecule has 2 atom stereocenters. The number of hydrogen-bond acceptors (Lipinski definition) is 5. The van der Waals surface area contributed by atoms with E-state index in [0.717, 1.165) is 12.8 Å². The third-order valence-electron chi connectivity index (χ3n) is 4.32. The van der Waals surface area contributed by atoms with E-state index in [2.05, 4.69) is 5.32 Å². The Kier molecular flexibility index (Phi) is 4.01. The van der Waals surface area contributed by atoms with Crippen LogP contribution in [0.4, 0.5) is 0 Å². The van der Waals surface area contributed by atoms with Crippen molar-refractivity contribution in [1.29, 1.82) is 0 Å². The van der Waals surface area contributed by atoms with Gasteiger partial charge in [-0.3, -0.25) is 0 Å². The summed E-state index contributed by atoms with van der Waals surface area (Å²) in [7, 11) is 3.12.